The monoisotopic (exact) mass is 352 g/mol. The molecule has 4 nitrogen and oxygen atoms in total. The van der Waals surface area contributed by atoms with E-state index in [-0.39, 0.29) is 12.4 Å². The number of aryl methyl sites for hydroxylation is 1. The number of nitrogens with one attached hydrogen (secondary N) is 1. The van der Waals surface area contributed by atoms with Gasteiger partial charge in [0.1, 0.15) is 5.75 Å². The van der Waals surface area contributed by atoms with Gasteiger partial charge in [-0.3, -0.25) is 4.79 Å². The van der Waals surface area contributed by atoms with Crippen LogP contribution in [0.5, 0.6) is 5.75 Å². The van der Waals surface area contributed by atoms with Crippen molar-refractivity contribution in [3.05, 3.63) is 29.8 Å². The first-order chi connectivity index (χ1) is 11.2. The number of methoxy groups -OCH3 is 1. The van der Waals surface area contributed by atoms with Crippen molar-refractivity contribution in [2.45, 2.75) is 44.6 Å². The molecule has 0 unspecified atom stereocenters. The average Bonchev–Trinajstić information content (AvgIpc) is 3.43. The number of amides is 1. The summed E-state index contributed by atoms with van der Waals surface area (Å²) in [6.07, 6.45) is 6.41. The van der Waals surface area contributed by atoms with Gasteiger partial charge in [0.25, 0.3) is 0 Å². The van der Waals surface area contributed by atoms with Crippen LogP contribution in [0.4, 0.5) is 0 Å². The molecular formula is C19H29ClN2O2. The Morgan fingerprint density at radius 1 is 1.17 bits per heavy atom. The number of ether oxygens (including phenoxy) is 1. The highest BCUT2D eigenvalue weighted by Gasteiger charge is 2.25. The minimum absolute atomic E-state index is 0. The second-order valence-electron chi connectivity index (χ2n) is 6.85. The van der Waals surface area contributed by atoms with Crippen molar-refractivity contribution in [3.63, 3.8) is 0 Å². The Balaban J connectivity index is 0.00000208. The van der Waals surface area contributed by atoms with Gasteiger partial charge in [0.2, 0.25) is 5.91 Å². The molecule has 0 aromatic heterocycles. The van der Waals surface area contributed by atoms with Crippen molar-refractivity contribution in [2.24, 2.45) is 5.92 Å². The van der Waals surface area contributed by atoms with Gasteiger partial charge in [0, 0.05) is 25.6 Å². The zero-order valence-electron chi connectivity index (χ0n) is 14.5. The number of nitrogens with zero attached hydrogens (tertiary/aromatic N) is 1. The molecule has 2 fully saturated rings. The van der Waals surface area contributed by atoms with E-state index >= 15 is 0 Å². The fourth-order valence-corrected chi connectivity index (χ4v) is 3.19. The fourth-order valence-electron chi connectivity index (χ4n) is 3.19. The molecule has 1 aromatic carbocycles. The molecule has 1 heterocycles. The van der Waals surface area contributed by atoms with Crippen LogP contribution in [0.15, 0.2) is 24.3 Å². The number of rotatable bonds is 7. The lowest BCUT2D eigenvalue weighted by Crippen LogP contribution is -2.45. The number of carbonyl (C=O) groups excluding carboxylic acids is 1. The summed E-state index contributed by atoms with van der Waals surface area (Å²) in [6, 6.07) is 8.61. The standard InChI is InChI=1S/C19H28N2O2.ClH/c1-23-18-7-4-15(5-8-18)6-9-19(22)21-12-10-17(11-13-21)20-14-16-2-3-16;/h4-5,7-8,16-17,20H,2-3,6,9-14H2,1H3;1H. The van der Waals surface area contributed by atoms with Gasteiger partial charge >= 0.3 is 0 Å². The maximum Gasteiger partial charge on any atom is 0.222 e. The van der Waals surface area contributed by atoms with Gasteiger partial charge in [0.15, 0.2) is 0 Å². The molecule has 0 spiro atoms. The summed E-state index contributed by atoms with van der Waals surface area (Å²) in [5.74, 6) is 2.08. The minimum Gasteiger partial charge on any atom is -0.497 e. The molecule has 5 heteroatoms. The van der Waals surface area contributed by atoms with E-state index in [2.05, 4.69) is 5.32 Å². The Morgan fingerprint density at radius 2 is 1.83 bits per heavy atom. The van der Waals surface area contributed by atoms with Crippen molar-refractivity contribution >= 4 is 18.3 Å². The van der Waals surface area contributed by atoms with Gasteiger partial charge in [-0.05, 0) is 62.3 Å². The van der Waals surface area contributed by atoms with Gasteiger partial charge in [-0.1, -0.05) is 12.1 Å². The summed E-state index contributed by atoms with van der Waals surface area (Å²) in [5, 5.41) is 3.66. The third kappa shape index (κ3) is 5.67. The molecule has 0 radical (unpaired) electrons. The maximum absolute atomic E-state index is 12.4. The molecule has 1 saturated heterocycles. The van der Waals surface area contributed by atoms with Crippen LogP contribution in [0.2, 0.25) is 0 Å². The van der Waals surface area contributed by atoms with E-state index in [1.165, 1.54) is 24.9 Å². The molecule has 1 N–H and O–H groups in total. The van der Waals surface area contributed by atoms with Crippen molar-refractivity contribution in [3.8, 4) is 5.75 Å². The molecule has 3 rings (SSSR count). The number of benzene rings is 1. The van der Waals surface area contributed by atoms with Crippen LogP contribution in [0.25, 0.3) is 0 Å². The van der Waals surface area contributed by atoms with Crippen LogP contribution in [-0.2, 0) is 11.2 Å². The Hall–Kier alpha value is -1.26. The summed E-state index contributed by atoms with van der Waals surface area (Å²) in [6.45, 7) is 2.99. The quantitative estimate of drug-likeness (QED) is 0.820. The van der Waals surface area contributed by atoms with E-state index in [1.807, 2.05) is 29.2 Å². The first-order valence-corrected chi connectivity index (χ1v) is 8.88. The Bertz CT molecular complexity index is 509. The van der Waals surface area contributed by atoms with Crippen molar-refractivity contribution in [2.75, 3.05) is 26.7 Å². The molecule has 1 saturated carbocycles. The molecule has 134 valence electrons. The highest BCUT2D eigenvalue weighted by molar-refractivity contribution is 5.85. The predicted molar refractivity (Wildman–Crippen MR) is 98.9 cm³/mol. The minimum atomic E-state index is 0. The number of likely N-dealkylation sites (tertiary alicyclic amines) is 1. The lowest BCUT2D eigenvalue weighted by atomic mass is 10.0. The highest BCUT2D eigenvalue weighted by atomic mass is 35.5. The van der Waals surface area contributed by atoms with E-state index in [0.29, 0.717) is 18.4 Å². The van der Waals surface area contributed by atoms with Crippen molar-refractivity contribution in [1.29, 1.82) is 0 Å². The molecule has 2 aliphatic rings. The van der Waals surface area contributed by atoms with Crippen molar-refractivity contribution < 1.29 is 9.53 Å². The second kappa shape index (κ2) is 9.28. The Morgan fingerprint density at radius 3 is 2.42 bits per heavy atom. The van der Waals surface area contributed by atoms with Gasteiger partial charge < -0.3 is 15.0 Å². The van der Waals surface area contributed by atoms with E-state index in [9.17, 15) is 4.79 Å². The summed E-state index contributed by atoms with van der Waals surface area (Å²) in [4.78, 5) is 14.4. The molecule has 1 aliphatic heterocycles. The molecule has 1 aliphatic carbocycles. The van der Waals surface area contributed by atoms with Crippen LogP contribution in [0.1, 0.15) is 37.7 Å². The number of hydrogen-bond donors (Lipinski definition) is 1. The third-order valence-electron chi connectivity index (χ3n) is 5.03. The third-order valence-corrected chi connectivity index (χ3v) is 5.03. The molecule has 1 aromatic rings. The SMILES string of the molecule is COc1ccc(CCC(=O)N2CCC(NCC3CC3)CC2)cc1.Cl. The van der Waals surface area contributed by atoms with Crippen molar-refractivity contribution in [1.82, 2.24) is 10.2 Å². The summed E-state index contributed by atoms with van der Waals surface area (Å²) < 4.78 is 5.16. The second-order valence-corrected chi connectivity index (χ2v) is 6.85. The normalized spacial score (nSPS) is 18.1. The summed E-state index contributed by atoms with van der Waals surface area (Å²) >= 11 is 0. The van der Waals surface area contributed by atoms with Crippen LogP contribution in [0, 0.1) is 5.92 Å². The smallest absolute Gasteiger partial charge is 0.222 e. The van der Waals surface area contributed by atoms with Crippen LogP contribution in [-0.4, -0.2) is 43.6 Å². The molecule has 0 atom stereocenters. The Labute approximate surface area is 151 Å². The highest BCUT2D eigenvalue weighted by Crippen LogP contribution is 2.28. The first kappa shape index (κ1) is 19.1. The first-order valence-electron chi connectivity index (χ1n) is 8.88. The number of halogens is 1. The van der Waals surface area contributed by atoms with Crippen LogP contribution < -0.4 is 10.1 Å². The average molecular weight is 353 g/mol. The van der Waals surface area contributed by atoms with Gasteiger partial charge in [-0.25, -0.2) is 0 Å². The van der Waals surface area contributed by atoms with Gasteiger partial charge in [-0.2, -0.15) is 0 Å². The zero-order valence-corrected chi connectivity index (χ0v) is 15.3. The van der Waals surface area contributed by atoms with E-state index in [0.717, 1.165) is 44.0 Å². The van der Waals surface area contributed by atoms with E-state index in [4.69, 9.17) is 4.74 Å². The molecule has 1 amide bonds. The van der Waals surface area contributed by atoms with E-state index in [1.54, 1.807) is 7.11 Å². The number of carbonyl (C=O) groups is 1. The molecule has 0 bridgehead atoms. The lowest BCUT2D eigenvalue weighted by molar-refractivity contribution is -0.132. The molecular weight excluding hydrogens is 324 g/mol. The lowest BCUT2D eigenvalue weighted by Gasteiger charge is -2.32. The van der Waals surface area contributed by atoms with Crippen LogP contribution >= 0.6 is 12.4 Å². The summed E-state index contributed by atoms with van der Waals surface area (Å²) in [7, 11) is 1.67. The van der Waals surface area contributed by atoms with Crippen LogP contribution in [0.3, 0.4) is 0 Å². The number of piperidine rings is 1. The van der Waals surface area contributed by atoms with E-state index < -0.39 is 0 Å². The maximum atomic E-state index is 12.4. The zero-order chi connectivity index (χ0) is 16.1. The van der Waals surface area contributed by atoms with Gasteiger partial charge in [0.05, 0.1) is 7.11 Å². The largest absolute Gasteiger partial charge is 0.497 e. The Kier molecular flexibility index (Phi) is 7.38. The topological polar surface area (TPSA) is 41.6 Å². The number of hydrogen-bond acceptors (Lipinski definition) is 3. The fraction of sp³-hybridized carbons (Fsp3) is 0.632. The summed E-state index contributed by atoms with van der Waals surface area (Å²) in [5.41, 5.74) is 1.19. The predicted octanol–water partition coefficient (Wildman–Crippen LogP) is 3.04. The molecule has 24 heavy (non-hydrogen) atoms. The van der Waals surface area contributed by atoms with Gasteiger partial charge in [-0.15, -0.1) is 12.4 Å².